The topological polar surface area (TPSA) is 34.0 Å². The molecule has 0 saturated carbocycles. The molecule has 0 fully saturated rings. The Morgan fingerprint density at radius 2 is 1.50 bits per heavy atom. The van der Waals surface area contributed by atoms with Gasteiger partial charge in [0.1, 0.15) is 5.75 Å². The van der Waals surface area contributed by atoms with Crippen LogP contribution in [0.1, 0.15) is 11.1 Å². The lowest BCUT2D eigenvalue weighted by atomic mass is 10.0. The van der Waals surface area contributed by atoms with Crippen LogP contribution >= 0.6 is 0 Å². The van der Waals surface area contributed by atoms with Crippen molar-refractivity contribution in [2.45, 2.75) is 13.8 Å². The number of methoxy groups -OCH3 is 1. The summed E-state index contributed by atoms with van der Waals surface area (Å²) >= 11 is 0. The van der Waals surface area contributed by atoms with E-state index < -0.39 is 0 Å². The highest BCUT2D eigenvalue weighted by atomic mass is 16.5. The monoisotopic (exact) mass is 316 g/mol. The first-order chi connectivity index (χ1) is 11.7. The molecule has 0 amide bonds. The van der Waals surface area contributed by atoms with Crippen LogP contribution in [0, 0.1) is 13.8 Å². The number of hydrogen-bond acceptors (Lipinski definition) is 3. The molecule has 0 bridgehead atoms. The number of ether oxygens (including phenoxy) is 1. The van der Waals surface area contributed by atoms with Gasteiger partial charge < -0.3 is 4.74 Å². The highest BCUT2D eigenvalue weighted by molar-refractivity contribution is 5.76. The minimum atomic E-state index is 0.841. The van der Waals surface area contributed by atoms with Crippen molar-refractivity contribution in [1.29, 1.82) is 0 Å². The van der Waals surface area contributed by atoms with Crippen molar-refractivity contribution in [3.8, 4) is 16.9 Å². The number of aryl methyl sites for hydroxylation is 2. The Morgan fingerprint density at radius 3 is 2.21 bits per heavy atom. The van der Waals surface area contributed by atoms with E-state index in [0.29, 0.717) is 0 Å². The van der Waals surface area contributed by atoms with Gasteiger partial charge in [0.15, 0.2) is 0 Å². The van der Waals surface area contributed by atoms with Crippen LogP contribution in [0.4, 0.5) is 11.4 Å². The molecule has 3 nitrogen and oxygen atoms in total. The minimum absolute atomic E-state index is 0.841. The smallest absolute Gasteiger partial charge is 0.118 e. The minimum Gasteiger partial charge on any atom is -0.497 e. The van der Waals surface area contributed by atoms with Crippen LogP contribution in [-0.2, 0) is 0 Å². The molecule has 0 aliphatic carbocycles. The van der Waals surface area contributed by atoms with E-state index >= 15 is 0 Å². The van der Waals surface area contributed by atoms with Crippen LogP contribution in [0.15, 0.2) is 77.0 Å². The van der Waals surface area contributed by atoms with Crippen LogP contribution in [0.25, 0.3) is 11.1 Å². The molecule has 0 aromatic heterocycles. The molecule has 0 spiro atoms. The fraction of sp³-hybridized carbons (Fsp3) is 0.143. The lowest BCUT2D eigenvalue weighted by Crippen LogP contribution is -1.84. The maximum atomic E-state index is 5.23. The zero-order valence-corrected chi connectivity index (χ0v) is 14.2. The summed E-state index contributed by atoms with van der Waals surface area (Å²) in [4.78, 5) is 0. The summed E-state index contributed by atoms with van der Waals surface area (Å²) in [6, 6.07) is 22.2. The van der Waals surface area contributed by atoms with Gasteiger partial charge in [-0.15, -0.1) is 5.11 Å². The SMILES string of the molecule is COc1ccc(-c2ccc(C)cc2/N=N/c2cccc(C)c2)cc1. The van der Waals surface area contributed by atoms with Crippen LogP contribution in [0.5, 0.6) is 5.75 Å². The number of rotatable bonds is 4. The molecule has 0 aliphatic rings. The van der Waals surface area contributed by atoms with E-state index in [1.165, 1.54) is 5.56 Å². The molecule has 0 atom stereocenters. The molecule has 3 rings (SSSR count). The second-order valence-corrected chi connectivity index (χ2v) is 5.79. The predicted molar refractivity (Wildman–Crippen MR) is 98.5 cm³/mol. The lowest BCUT2D eigenvalue weighted by molar-refractivity contribution is 0.415. The molecule has 0 N–H and O–H groups in total. The quantitative estimate of drug-likeness (QED) is 0.513. The summed E-state index contributed by atoms with van der Waals surface area (Å²) in [7, 11) is 1.67. The van der Waals surface area contributed by atoms with Crippen molar-refractivity contribution in [2.24, 2.45) is 10.2 Å². The van der Waals surface area contributed by atoms with Crippen LogP contribution in [0.2, 0.25) is 0 Å². The van der Waals surface area contributed by atoms with Gasteiger partial charge in [0.2, 0.25) is 0 Å². The van der Waals surface area contributed by atoms with E-state index in [-0.39, 0.29) is 0 Å². The van der Waals surface area contributed by atoms with Crippen molar-refractivity contribution >= 4 is 11.4 Å². The second kappa shape index (κ2) is 7.09. The molecule has 0 heterocycles. The van der Waals surface area contributed by atoms with Crippen LogP contribution in [-0.4, -0.2) is 7.11 Å². The highest BCUT2D eigenvalue weighted by Gasteiger charge is 2.06. The van der Waals surface area contributed by atoms with Crippen LogP contribution in [0.3, 0.4) is 0 Å². The van der Waals surface area contributed by atoms with Gasteiger partial charge in [-0.1, -0.05) is 36.4 Å². The normalized spacial score (nSPS) is 11.0. The highest BCUT2D eigenvalue weighted by Crippen LogP contribution is 2.33. The van der Waals surface area contributed by atoms with E-state index in [9.17, 15) is 0 Å². The molecule has 0 saturated heterocycles. The Bertz CT molecular complexity index is 867. The average molecular weight is 316 g/mol. The molecule has 24 heavy (non-hydrogen) atoms. The van der Waals surface area contributed by atoms with Gasteiger partial charge in [0.25, 0.3) is 0 Å². The molecule has 0 unspecified atom stereocenters. The largest absolute Gasteiger partial charge is 0.497 e. The standard InChI is InChI=1S/C21H20N2O/c1-15-5-4-6-18(13-15)22-23-21-14-16(2)7-12-20(21)17-8-10-19(24-3)11-9-17/h4-14H,1-3H3/b23-22+. The molecule has 3 heteroatoms. The lowest BCUT2D eigenvalue weighted by Gasteiger charge is -2.08. The van der Waals surface area contributed by atoms with Gasteiger partial charge in [-0.25, -0.2) is 0 Å². The Morgan fingerprint density at radius 1 is 0.750 bits per heavy atom. The van der Waals surface area contributed by atoms with Gasteiger partial charge in [0, 0.05) is 5.56 Å². The molecular weight excluding hydrogens is 296 g/mol. The summed E-state index contributed by atoms with van der Waals surface area (Å²) in [5.74, 6) is 0.841. The van der Waals surface area contributed by atoms with E-state index in [1.54, 1.807) is 7.11 Å². The molecule has 3 aromatic carbocycles. The third-order valence-electron chi connectivity index (χ3n) is 3.83. The van der Waals surface area contributed by atoms with Gasteiger partial charge >= 0.3 is 0 Å². The van der Waals surface area contributed by atoms with E-state index in [0.717, 1.165) is 33.8 Å². The zero-order valence-electron chi connectivity index (χ0n) is 14.2. The van der Waals surface area contributed by atoms with Crippen molar-refractivity contribution in [2.75, 3.05) is 7.11 Å². The van der Waals surface area contributed by atoms with Crippen molar-refractivity contribution in [3.05, 3.63) is 77.9 Å². The fourth-order valence-electron chi connectivity index (χ4n) is 2.54. The third-order valence-corrected chi connectivity index (χ3v) is 3.83. The first kappa shape index (κ1) is 15.9. The van der Waals surface area contributed by atoms with Crippen molar-refractivity contribution in [1.82, 2.24) is 0 Å². The Labute approximate surface area is 142 Å². The maximum absolute atomic E-state index is 5.23. The number of azo groups is 1. The summed E-state index contributed by atoms with van der Waals surface area (Å²) in [5, 5.41) is 8.89. The summed E-state index contributed by atoms with van der Waals surface area (Å²) < 4.78 is 5.23. The molecule has 3 aromatic rings. The zero-order chi connectivity index (χ0) is 16.9. The van der Waals surface area contributed by atoms with Gasteiger partial charge in [-0.3, -0.25) is 0 Å². The van der Waals surface area contributed by atoms with Gasteiger partial charge in [0.05, 0.1) is 18.5 Å². The van der Waals surface area contributed by atoms with Gasteiger partial charge in [-0.2, -0.15) is 5.11 Å². The molecular formula is C21H20N2O. The maximum Gasteiger partial charge on any atom is 0.118 e. The molecule has 0 radical (unpaired) electrons. The summed E-state index contributed by atoms with van der Waals surface area (Å²) in [6.45, 7) is 4.11. The third kappa shape index (κ3) is 3.69. The van der Waals surface area contributed by atoms with E-state index in [2.05, 4.69) is 48.3 Å². The predicted octanol–water partition coefficient (Wildman–Crippen LogP) is 6.39. The first-order valence-electron chi connectivity index (χ1n) is 7.89. The van der Waals surface area contributed by atoms with E-state index in [4.69, 9.17) is 4.74 Å². The van der Waals surface area contributed by atoms with E-state index in [1.807, 2.05) is 42.5 Å². The molecule has 120 valence electrons. The summed E-state index contributed by atoms with van der Waals surface area (Å²) in [6.07, 6.45) is 0. The average Bonchev–Trinajstić information content (AvgIpc) is 2.60. The Kier molecular flexibility index (Phi) is 4.71. The Balaban J connectivity index is 1.99. The number of hydrogen-bond donors (Lipinski definition) is 0. The van der Waals surface area contributed by atoms with Crippen LogP contribution < -0.4 is 4.74 Å². The molecule has 0 aliphatic heterocycles. The van der Waals surface area contributed by atoms with Crippen molar-refractivity contribution < 1.29 is 4.74 Å². The van der Waals surface area contributed by atoms with Crippen molar-refractivity contribution in [3.63, 3.8) is 0 Å². The number of nitrogens with zero attached hydrogens (tertiary/aromatic N) is 2. The van der Waals surface area contributed by atoms with Gasteiger partial charge in [-0.05, 0) is 60.9 Å². The fourth-order valence-corrected chi connectivity index (χ4v) is 2.54. The number of benzene rings is 3. The first-order valence-corrected chi connectivity index (χ1v) is 7.89. The second-order valence-electron chi connectivity index (χ2n) is 5.79. The summed E-state index contributed by atoms with van der Waals surface area (Å²) in [5.41, 5.74) is 6.20. The Hall–Kier alpha value is -2.94.